The fourth-order valence-corrected chi connectivity index (χ4v) is 7.26. The number of methoxy groups -OCH3 is 1. The average molecular weight is 509 g/mol. The third-order valence-electron chi connectivity index (χ3n) is 9.12. The molecular formula is C29H32O8. The van der Waals surface area contributed by atoms with E-state index in [1.807, 2.05) is 19.9 Å². The Morgan fingerprint density at radius 2 is 1.84 bits per heavy atom. The Hall–Kier alpha value is -3.42. The van der Waals surface area contributed by atoms with E-state index in [0.717, 1.165) is 11.1 Å². The number of Topliss-reactive ketones (excluding diaryl/α,β-unsaturated/α-hetero) is 1. The third kappa shape index (κ3) is 3.97. The zero-order valence-electron chi connectivity index (χ0n) is 21.5. The van der Waals surface area contributed by atoms with Crippen molar-refractivity contribution in [2.45, 2.75) is 58.7 Å². The van der Waals surface area contributed by atoms with E-state index in [1.165, 1.54) is 19.6 Å². The second-order valence-corrected chi connectivity index (χ2v) is 11.1. The van der Waals surface area contributed by atoms with E-state index in [9.17, 15) is 19.2 Å². The van der Waals surface area contributed by atoms with Gasteiger partial charge in [0.15, 0.2) is 11.9 Å². The van der Waals surface area contributed by atoms with Crippen molar-refractivity contribution in [2.24, 2.45) is 28.6 Å². The summed E-state index contributed by atoms with van der Waals surface area (Å²) in [6.07, 6.45) is 2.76. The summed E-state index contributed by atoms with van der Waals surface area (Å²) in [5, 5.41) is 0. The molecular weight excluding hydrogens is 476 g/mol. The van der Waals surface area contributed by atoms with Crippen LogP contribution in [0.1, 0.15) is 67.1 Å². The lowest BCUT2D eigenvalue weighted by atomic mass is 9.43. The predicted octanol–water partition coefficient (Wildman–Crippen LogP) is 4.60. The zero-order valence-corrected chi connectivity index (χ0v) is 21.5. The van der Waals surface area contributed by atoms with Gasteiger partial charge >= 0.3 is 17.9 Å². The normalized spacial score (nSPS) is 35.1. The lowest BCUT2D eigenvalue weighted by Crippen LogP contribution is -2.64. The van der Waals surface area contributed by atoms with E-state index < -0.39 is 52.7 Å². The number of benzene rings is 1. The smallest absolute Gasteiger partial charge is 0.339 e. The number of hydrogen-bond acceptors (Lipinski definition) is 8. The molecule has 3 aliphatic rings. The molecule has 37 heavy (non-hydrogen) atoms. The maximum atomic E-state index is 14.2. The van der Waals surface area contributed by atoms with Crippen LogP contribution >= 0.6 is 0 Å². The van der Waals surface area contributed by atoms with Gasteiger partial charge in [-0.2, -0.15) is 0 Å². The maximum Gasteiger partial charge on any atom is 0.339 e. The highest BCUT2D eigenvalue weighted by molar-refractivity contribution is 5.96. The van der Waals surface area contributed by atoms with E-state index >= 15 is 0 Å². The van der Waals surface area contributed by atoms with Gasteiger partial charge in [-0.1, -0.05) is 32.0 Å². The van der Waals surface area contributed by atoms with Crippen molar-refractivity contribution in [3.8, 4) is 0 Å². The van der Waals surface area contributed by atoms with Crippen molar-refractivity contribution in [3.63, 3.8) is 0 Å². The number of cyclic esters (lactones) is 1. The van der Waals surface area contributed by atoms with Gasteiger partial charge in [0, 0.05) is 17.9 Å². The number of rotatable bonds is 4. The molecule has 0 bridgehead atoms. The molecule has 1 saturated heterocycles. The quantitative estimate of drug-likeness (QED) is 0.435. The molecule has 3 fully saturated rings. The Kier molecular flexibility index (Phi) is 6.24. The van der Waals surface area contributed by atoms with E-state index in [0.29, 0.717) is 24.8 Å². The molecule has 2 aromatic rings. The minimum Gasteiger partial charge on any atom is -0.472 e. The number of esters is 3. The fraction of sp³-hybridized carbons (Fsp3) is 0.517. The SMILES string of the molecule is COC(=O)[C@@H]1C[C@H](OC(=O)c2ccccc2C)C(=O)[C@H]2[C@@]1(C)CC[C@H]1C(=O)O[C@H](c3ccoc3)C[C@]21C. The van der Waals surface area contributed by atoms with Crippen LogP contribution in [-0.4, -0.2) is 36.9 Å². The topological polar surface area (TPSA) is 109 Å². The molecule has 0 unspecified atom stereocenters. The van der Waals surface area contributed by atoms with Crippen molar-refractivity contribution in [1.29, 1.82) is 0 Å². The minimum atomic E-state index is -1.13. The molecule has 1 aliphatic heterocycles. The number of ketones is 1. The number of hydrogen-bond donors (Lipinski definition) is 0. The molecule has 5 rings (SSSR count). The van der Waals surface area contributed by atoms with E-state index in [2.05, 4.69) is 0 Å². The second kappa shape index (κ2) is 9.15. The van der Waals surface area contributed by atoms with Crippen molar-refractivity contribution in [3.05, 3.63) is 59.5 Å². The summed E-state index contributed by atoms with van der Waals surface area (Å²) in [5.41, 5.74) is 0.233. The largest absolute Gasteiger partial charge is 0.472 e. The van der Waals surface area contributed by atoms with Crippen LogP contribution in [0, 0.1) is 35.5 Å². The standard InChI is InChI=1S/C29H32O8/c1-16-7-5-6-8-18(16)25(31)36-21-13-20(26(32)34-4)28(2)11-9-19-27(33)37-22(17-10-12-35-15-17)14-29(19,3)24(28)23(21)30/h5-8,10,12,15,19-22,24H,9,11,13-14H2,1-4H3/t19-,20-,21-,22-,24-,28-,29-/m0/s1. The molecule has 2 heterocycles. The highest BCUT2D eigenvalue weighted by Gasteiger charge is 2.67. The first-order chi connectivity index (χ1) is 17.6. The Morgan fingerprint density at radius 3 is 2.51 bits per heavy atom. The first-order valence-electron chi connectivity index (χ1n) is 12.7. The molecule has 2 saturated carbocycles. The van der Waals surface area contributed by atoms with Crippen molar-refractivity contribution < 1.29 is 37.8 Å². The Morgan fingerprint density at radius 1 is 1.08 bits per heavy atom. The van der Waals surface area contributed by atoms with Crippen LogP contribution < -0.4 is 0 Å². The number of ether oxygens (including phenoxy) is 3. The van der Waals surface area contributed by atoms with Gasteiger partial charge in [-0.15, -0.1) is 0 Å². The van der Waals surface area contributed by atoms with Crippen molar-refractivity contribution in [1.82, 2.24) is 0 Å². The number of carbonyl (C=O) groups is 4. The molecule has 0 spiro atoms. The summed E-state index contributed by atoms with van der Waals surface area (Å²) in [4.78, 5) is 53.7. The summed E-state index contributed by atoms with van der Waals surface area (Å²) < 4.78 is 22.0. The lowest BCUT2D eigenvalue weighted by molar-refractivity contribution is -0.208. The molecule has 2 aliphatic carbocycles. The van der Waals surface area contributed by atoms with E-state index in [1.54, 1.807) is 31.2 Å². The van der Waals surface area contributed by atoms with E-state index in [-0.39, 0.29) is 18.2 Å². The van der Waals surface area contributed by atoms with Gasteiger partial charge in [-0.25, -0.2) is 4.79 Å². The van der Waals surface area contributed by atoms with Gasteiger partial charge in [0.1, 0.15) is 6.10 Å². The molecule has 0 amide bonds. The number of furan rings is 1. The molecule has 0 radical (unpaired) electrons. The van der Waals surface area contributed by atoms with Gasteiger partial charge in [-0.3, -0.25) is 14.4 Å². The molecule has 1 aromatic heterocycles. The van der Waals surface area contributed by atoms with Gasteiger partial charge in [-0.05, 0) is 54.7 Å². The van der Waals surface area contributed by atoms with Crippen molar-refractivity contribution >= 4 is 23.7 Å². The van der Waals surface area contributed by atoms with Gasteiger partial charge in [0.2, 0.25) is 0 Å². The van der Waals surface area contributed by atoms with Crippen LogP contribution in [0.15, 0.2) is 47.3 Å². The lowest BCUT2D eigenvalue weighted by Gasteiger charge is -2.61. The van der Waals surface area contributed by atoms with Crippen LogP contribution in [0.2, 0.25) is 0 Å². The summed E-state index contributed by atoms with van der Waals surface area (Å²) in [6.45, 7) is 5.67. The highest BCUT2D eigenvalue weighted by Crippen LogP contribution is 2.65. The molecule has 7 atom stereocenters. The summed E-state index contributed by atoms with van der Waals surface area (Å²) >= 11 is 0. The summed E-state index contributed by atoms with van der Waals surface area (Å²) in [5.74, 6) is -3.56. The Balaban J connectivity index is 1.54. The van der Waals surface area contributed by atoms with Gasteiger partial charge in [0.05, 0.1) is 37.0 Å². The fourth-order valence-electron chi connectivity index (χ4n) is 7.26. The Bertz CT molecular complexity index is 1230. The van der Waals surface area contributed by atoms with Crippen LogP contribution in [0.4, 0.5) is 0 Å². The van der Waals surface area contributed by atoms with Gasteiger partial charge in [0.25, 0.3) is 0 Å². The number of fused-ring (bicyclic) bond motifs is 3. The molecule has 196 valence electrons. The van der Waals surface area contributed by atoms with Crippen LogP contribution in [-0.2, 0) is 28.6 Å². The number of aryl methyl sites for hydroxylation is 1. The van der Waals surface area contributed by atoms with Crippen molar-refractivity contribution in [2.75, 3.05) is 7.11 Å². The Labute approximate surface area is 215 Å². The monoisotopic (exact) mass is 508 g/mol. The second-order valence-electron chi connectivity index (χ2n) is 11.1. The first-order valence-corrected chi connectivity index (χ1v) is 12.7. The van der Waals surface area contributed by atoms with Crippen LogP contribution in [0.3, 0.4) is 0 Å². The number of carbonyl (C=O) groups excluding carboxylic acids is 4. The van der Waals surface area contributed by atoms with Crippen LogP contribution in [0.5, 0.6) is 0 Å². The average Bonchev–Trinajstić information content (AvgIpc) is 3.40. The molecule has 1 aromatic carbocycles. The molecule has 0 N–H and O–H groups in total. The summed E-state index contributed by atoms with van der Waals surface area (Å²) in [6, 6.07) is 8.74. The predicted molar refractivity (Wildman–Crippen MR) is 130 cm³/mol. The van der Waals surface area contributed by atoms with E-state index in [4.69, 9.17) is 18.6 Å². The van der Waals surface area contributed by atoms with Gasteiger partial charge < -0.3 is 18.6 Å². The minimum absolute atomic E-state index is 0.0481. The molecule has 8 heteroatoms. The zero-order chi connectivity index (χ0) is 26.5. The highest BCUT2D eigenvalue weighted by atomic mass is 16.6. The maximum absolute atomic E-state index is 14.2. The molecule has 8 nitrogen and oxygen atoms in total. The summed E-state index contributed by atoms with van der Waals surface area (Å²) in [7, 11) is 1.33. The van der Waals surface area contributed by atoms with Crippen LogP contribution in [0.25, 0.3) is 0 Å². The third-order valence-corrected chi connectivity index (χ3v) is 9.12. The first kappa shape index (κ1) is 25.2.